The lowest BCUT2D eigenvalue weighted by molar-refractivity contribution is -0.0591. The molecule has 1 rings (SSSR count). The van der Waals surface area contributed by atoms with Crippen LogP contribution in [0.2, 0.25) is 0 Å². The molecule has 1 N–H and O–H groups in total. The van der Waals surface area contributed by atoms with Crippen molar-refractivity contribution in [3.63, 3.8) is 0 Å². The number of hydrogen-bond acceptors (Lipinski definition) is 3. The Labute approximate surface area is 107 Å². The molecule has 1 heterocycles. The molecule has 3 heteroatoms. The summed E-state index contributed by atoms with van der Waals surface area (Å²) in [6.07, 6.45) is 0. The third kappa shape index (κ3) is 4.23. The Morgan fingerprint density at radius 3 is 2.47 bits per heavy atom. The molecular weight excluding hydrogens is 212 g/mol. The quantitative estimate of drug-likeness (QED) is 0.817. The van der Waals surface area contributed by atoms with Gasteiger partial charge in [0, 0.05) is 24.7 Å². The van der Waals surface area contributed by atoms with E-state index in [0.29, 0.717) is 11.5 Å². The third-order valence-corrected chi connectivity index (χ3v) is 3.72. The van der Waals surface area contributed by atoms with E-state index in [1.165, 1.54) is 0 Å². The molecule has 1 aliphatic heterocycles. The Hall–Kier alpha value is -0.120. The minimum Gasteiger partial charge on any atom is -0.378 e. The van der Waals surface area contributed by atoms with Gasteiger partial charge in [-0.15, -0.1) is 0 Å². The summed E-state index contributed by atoms with van der Waals surface area (Å²) in [4.78, 5) is 2.56. The molecule has 0 aromatic rings. The maximum absolute atomic E-state index is 5.58. The van der Waals surface area contributed by atoms with E-state index in [-0.39, 0.29) is 5.54 Å². The standard InChI is InChI=1S/C14H30N2O/c1-7-15-12(13(2,3)4)10-16-8-9-17-11-14(16,5)6/h12,15H,7-11H2,1-6H3. The monoisotopic (exact) mass is 242 g/mol. The van der Waals surface area contributed by atoms with Crippen molar-refractivity contribution >= 4 is 0 Å². The molecule has 0 radical (unpaired) electrons. The van der Waals surface area contributed by atoms with E-state index in [1.54, 1.807) is 0 Å². The molecule has 0 amide bonds. The van der Waals surface area contributed by atoms with Crippen LogP contribution >= 0.6 is 0 Å². The average Bonchev–Trinajstić information content (AvgIpc) is 2.18. The Morgan fingerprint density at radius 1 is 1.35 bits per heavy atom. The van der Waals surface area contributed by atoms with E-state index < -0.39 is 0 Å². The molecule has 0 aliphatic carbocycles. The lowest BCUT2D eigenvalue weighted by atomic mass is 9.85. The van der Waals surface area contributed by atoms with Gasteiger partial charge in [-0.1, -0.05) is 27.7 Å². The fourth-order valence-corrected chi connectivity index (χ4v) is 2.34. The highest BCUT2D eigenvalue weighted by atomic mass is 16.5. The molecule has 0 aromatic heterocycles. The van der Waals surface area contributed by atoms with Crippen LogP contribution in [0.25, 0.3) is 0 Å². The number of ether oxygens (including phenoxy) is 1. The predicted molar refractivity (Wildman–Crippen MR) is 73.4 cm³/mol. The fraction of sp³-hybridized carbons (Fsp3) is 1.00. The molecule has 3 nitrogen and oxygen atoms in total. The number of hydrogen-bond donors (Lipinski definition) is 1. The summed E-state index contributed by atoms with van der Waals surface area (Å²) in [5.41, 5.74) is 0.460. The minimum absolute atomic E-state index is 0.164. The zero-order valence-corrected chi connectivity index (χ0v) is 12.5. The fourth-order valence-electron chi connectivity index (χ4n) is 2.34. The van der Waals surface area contributed by atoms with Crippen molar-refractivity contribution in [1.29, 1.82) is 0 Å². The van der Waals surface area contributed by atoms with Crippen molar-refractivity contribution in [1.82, 2.24) is 10.2 Å². The Bertz CT molecular complexity index is 231. The number of rotatable bonds is 4. The molecule has 1 atom stereocenters. The smallest absolute Gasteiger partial charge is 0.0645 e. The Morgan fingerprint density at radius 2 is 2.00 bits per heavy atom. The highest BCUT2D eigenvalue weighted by molar-refractivity contribution is 4.90. The number of nitrogens with one attached hydrogen (secondary N) is 1. The first-order chi connectivity index (χ1) is 7.77. The minimum atomic E-state index is 0.164. The first-order valence-electron chi connectivity index (χ1n) is 6.83. The summed E-state index contributed by atoms with van der Waals surface area (Å²) in [5.74, 6) is 0. The number of likely N-dealkylation sites (N-methyl/N-ethyl adjacent to an activating group) is 1. The summed E-state index contributed by atoms with van der Waals surface area (Å²) in [6, 6.07) is 0.532. The molecule has 0 saturated carbocycles. The SMILES string of the molecule is CCNC(CN1CCOCC1(C)C)C(C)(C)C. The normalized spacial score (nSPS) is 23.6. The van der Waals surface area contributed by atoms with Gasteiger partial charge in [-0.25, -0.2) is 0 Å². The highest BCUT2D eigenvalue weighted by Gasteiger charge is 2.34. The van der Waals surface area contributed by atoms with E-state index >= 15 is 0 Å². The zero-order valence-electron chi connectivity index (χ0n) is 12.5. The Balaban J connectivity index is 2.65. The van der Waals surface area contributed by atoms with E-state index in [0.717, 1.165) is 32.8 Å². The van der Waals surface area contributed by atoms with Gasteiger partial charge in [-0.3, -0.25) is 4.90 Å². The van der Waals surface area contributed by atoms with Crippen LogP contribution in [-0.4, -0.2) is 49.3 Å². The molecule has 102 valence electrons. The average molecular weight is 242 g/mol. The van der Waals surface area contributed by atoms with E-state index in [9.17, 15) is 0 Å². The van der Waals surface area contributed by atoms with Crippen LogP contribution in [0.3, 0.4) is 0 Å². The molecular formula is C14H30N2O. The summed E-state index contributed by atoms with van der Waals surface area (Å²) < 4.78 is 5.58. The van der Waals surface area contributed by atoms with Crippen LogP contribution in [0.15, 0.2) is 0 Å². The lowest BCUT2D eigenvalue weighted by Gasteiger charge is -2.46. The highest BCUT2D eigenvalue weighted by Crippen LogP contribution is 2.25. The van der Waals surface area contributed by atoms with Crippen molar-refractivity contribution in [2.45, 2.75) is 53.1 Å². The van der Waals surface area contributed by atoms with Crippen LogP contribution in [0.5, 0.6) is 0 Å². The predicted octanol–water partition coefficient (Wildman–Crippen LogP) is 2.12. The van der Waals surface area contributed by atoms with Crippen molar-refractivity contribution < 1.29 is 4.74 Å². The second-order valence-electron chi connectivity index (χ2n) is 6.79. The maximum Gasteiger partial charge on any atom is 0.0645 e. The summed E-state index contributed by atoms with van der Waals surface area (Å²) >= 11 is 0. The van der Waals surface area contributed by atoms with Crippen molar-refractivity contribution in [2.75, 3.05) is 32.8 Å². The molecule has 1 fully saturated rings. The largest absolute Gasteiger partial charge is 0.378 e. The van der Waals surface area contributed by atoms with Gasteiger partial charge in [-0.05, 0) is 25.8 Å². The molecule has 1 unspecified atom stereocenters. The van der Waals surface area contributed by atoms with Gasteiger partial charge in [0.25, 0.3) is 0 Å². The van der Waals surface area contributed by atoms with Crippen LogP contribution in [-0.2, 0) is 4.74 Å². The molecule has 17 heavy (non-hydrogen) atoms. The van der Waals surface area contributed by atoms with Crippen molar-refractivity contribution in [2.24, 2.45) is 5.41 Å². The van der Waals surface area contributed by atoms with Crippen molar-refractivity contribution in [3.05, 3.63) is 0 Å². The van der Waals surface area contributed by atoms with Crippen LogP contribution in [0.1, 0.15) is 41.5 Å². The number of nitrogens with zero attached hydrogens (tertiary/aromatic N) is 1. The van der Waals surface area contributed by atoms with Crippen LogP contribution in [0.4, 0.5) is 0 Å². The van der Waals surface area contributed by atoms with Crippen LogP contribution in [0, 0.1) is 5.41 Å². The van der Waals surface area contributed by atoms with Gasteiger partial charge < -0.3 is 10.1 Å². The summed E-state index contributed by atoms with van der Waals surface area (Å²) in [5, 5.41) is 3.63. The van der Waals surface area contributed by atoms with E-state index in [2.05, 4.69) is 51.8 Å². The summed E-state index contributed by atoms with van der Waals surface area (Å²) in [6.45, 7) is 18.6. The summed E-state index contributed by atoms with van der Waals surface area (Å²) in [7, 11) is 0. The van der Waals surface area contributed by atoms with Crippen molar-refractivity contribution in [3.8, 4) is 0 Å². The van der Waals surface area contributed by atoms with Gasteiger partial charge in [0.15, 0.2) is 0 Å². The van der Waals surface area contributed by atoms with E-state index in [4.69, 9.17) is 4.74 Å². The molecule has 0 bridgehead atoms. The second-order valence-corrected chi connectivity index (χ2v) is 6.79. The van der Waals surface area contributed by atoms with Gasteiger partial charge in [0.1, 0.15) is 0 Å². The Kier molecular flexibility index (Phi) is 4.99. The van der Waals surface area contributed by atoms with Crippen LogP contribution < -0.4 is 5.32 Å². The third-order valence-electron chi connectivity index (χ3n) is 3.72. The van der Waals surface area contributed by atoms with Gasteiger partial charge in [-0.2, -0.15) is 0 Å². The second kappa shape index (κ2) is 5.68. The first-order valence-corrected chi connectivity index (χ1v) is 6.83. The van der Waals surface area contributed by atoms with Gasteiger partial charge >= 0.3 is 0 Å². The molecule has 1 saturated heterocycles. The maximum atomic E-state index is 5.58. The van der Waals surface area contributed by atoms with Gasteiger partial charge in [0.2, 0.25) is 0 Å². The zero-order chi connectivity index (χ0) is 13.1. The molecule has 0 spiro atoms. The number of morpholine rings is 1. The lowest BCUT2D eigenvalue weighted by Crippen LogP contribution is -2.58. The topological polar surface area (TPSA) is 24.5 Å². The molecule has 0 aromatic carbocycles. The van der Waals surface area contributed by atoms with E-state index in [1.807, 2.05) is 0 Å². The first kappa shape index (κ1) is 14.9. The molecule has 1 aliphatic rings. The van der Waals surface area contributed by atoms with Gasteiger partial charge in [0.05, 0.1) is 13.2 Å².